The third-order valence-electron chi connectivity index (χ3n) is 2.93. The number of rotatable bonds is 4. The number of amides is 1. The highest BCUT2D eigenvalue weighted by Gasteiger charge is 2.20. The summed E-state index contributed by atoms with van der Waals surface area (Å²) in [5, 5.41) is 2.67. The normalized spacial score (nSPS) is 11.7. The number of hydrogen-bond donors (Lipinski definition) is 2. The first kappa shape index (κ1) is 14.6. The Morgan fingerprint density at radius 1 is 1.29 bits per heavy atom. The number of carbonyl (C=O) groups excluding carboxylic acids is 2. The van der Waals surface area contributed by atoms with Crippen LogP contribution in [0, 0.1) is 0 Å². The van der Waals surface area contributed by atoms with E-state index in [0.29, 0.717) is 17.1 Å². The molecule has 0 saturated carbocycles. The molecule has 1 aromatic carbocycles. The van der Waals surface area contributed by atoms with Gasteiger partial charge in [0.2, 0.25) is 0 Å². The zero-order valence-electron chi connectivity index (χ0n) is 11.9. The maximum absolute atomic E-state index is 12.0. The molecule has 0 fully saturated rings. The largest absolute Gasteiger partial charge is 0.448 e. The molecule has 21 heavy (non-hydrogen) atoms. The highest BCUT2D eigenvalue weighted by molar-refractivity contribution is 5.97. The van der Waals surface area contributed by atoms with E-state index in [1.165, 1.54) is 13.0 Å². The number of anilines is 2. The van der Waals surface area contributed by atoms with E-state index < -0.39 is 18.0 Å². The van der Waals surface area contributed by atoms with Gasteiger partial charge in [-0.15, -0.1) is 0 Å². The molecular formula is C15H17N3O3. The first-order valence-electron chi connectivity index (χ1n) is 6.46. The summed E-state index contributed by atoms with van der Waals surface area (Å²) >= 11 is 0. The molecule has 1 atom stereocenters. The van der Waals surface area contributed by atoms with Crippen LogP contribution in [0.25, 0.3) is 0 Å². The molecule has 110 valence electrons. The minimum absolute atomic E-state index is 0.298. The quantitative estimate of drug-likeness (QED) is 0.839. The highest BCUT2D eigenvalue weighted by Crippen LogP contribution is 2.12. The summed E-state index contributed by atoms with van der Waals surface area (Å²) in [6.07, 6.45) is 0.694. The molecule has 0 radical (unpaired) electrons. The number of nitrogens with one attached hydrogen (secondary N) is 1. The number of nitrogens with zero attached hydrogens (tertiary/aromatic N) is 1. The van der Waals surface area contributed by atoms with E-state index in [0.717, 1.165) is 0 Å². The Morgan fingerprint density at radius 3 is 2.52 bits per heavy atom. The van der Waals surface area contributed by atoms with Gasteiger partial charge in [-0.2, -0.15) is 0 Å². The van der Waals surface area contributed by atoms with E-state index in [-0.39, 0.29) is 0 Å². The lowest BCUT2D eigenvalue weighted by atomic mass is 10.3. The van der Waals surface area contributed by atoms with Gasteiger partial charge in [0.05, 0.1) is 5.69 Å². The number of hydrogen-bond acceptors (Lipinski definition) is 4. The van der Waals surface area contributed by atoms with Crippen LogP contribution in [0.5, 0.6) is 0 Å². The number of benzene rings is 1. The summed E-state index contributed by atoms with van der Waals surface area (Å²) in [6, 6.07) is 10.5. The number of aryl methyl sites for hydroxylation is 1. The van der Waals surface area contributed by atoms with Gasteiger partial charge >= 0.3 is 5.97 Å². The molecule has 1 aromatic heterocycles. The zero-order chi connectivity index (χ0) is 15.4. The Hall–Kier alpha value is -2.76. The van der Waals surface area contributed by atoms with Crippen molar-refractivity contribution >= 4 is 23.3 Å². The van der Waals surface area contributed by atoms with Gasteiger partial charge in [-0.25, -0.2) is 4.79 Å². The summed E-state index contributed by atoms with van der Waals surface area (Å²) < 4.78 is 6.69. The maximum atomic E-state index is 12.0. The molecule has 0 saturated heterocycles. The van der Waals surface area contributed by atoms with Gasteiger partial charge in [0.15, 0.2) is 6.10 Å². The number of esters is 1. The fraction of sp³-hybridized carbons (Fsp3) is 0.200. The van der Waals surface area contributed by atoms with Crippen molar-refractivity contribution in [1.29, 1.82) is 0 Å². The molecular weight excluding hydrogens is 270 g/mol. The predicted octanol–water partition coefficient (Wildman–Crippen LogP) is 1.79. The van der Waals surface area contributed by atoms with Gasteiger partial charge in [0.1, 0.15) is 5.69 Å². The summed E-state index contributed by atoms with van der Waals surface area (Å²) in [7, 11) is 1.68. The van der Waals surface area contributed by atoms with Crippen LogP contribution >= 0.6 is 0 Å². The van der Waals surface area contributed by atoms with Crippen LogP contribution < -0.4 is 11.1 Å². The monoisotopic (exact) mass is 287 g/mol. The number of ether oxygens (including phenoxy) is 1. The number of nitrogens with two attached hydrogens (primary N) is 1. The molecule has 0 aliphatic carbocycles. The van der Waals surface area contributed by atoms with Crippen LogP contribution in [0.2, 0.25) is 0 Å². The fourth-order valence-electron chi connectivity index (χ4n) is 1.83. The van der Waals surface area contributed by atoms with E-state index in [4.69, 9.17) is 10.5 Å². The van der Waals surface area contributed by atoms with Gasteiger partial charge < -0.3 is 20.4 Å². The highest BCUT2D eigenvalue weighted by atomic mass is 16.5. The van der Waals surface area contributed by atoms with Crippen molar-refractivity contribution in [1.82, 2.24) is 4.57 Å². The molecule has 1 heterocycles. The molecule has 6 nitrogen and oxygen atoms in total. The molecule has 0 aliphatic heterocycles. The Bertz CT molecular complexity index is 649. The molecule has 3 N–H and O–H groups in total. The van der Waals surface area contributed by atoms with Crippen molar-refractivity contribution in [3.8, 4) is 0 Å². The van der Waals surface area contributed by atoms with Crippen molar-refractivity contribution in [2.45, 2.75) is 13.0 Å². The maximum Gasteiger partial charge on any atom is 0.355 e. The molecule has 0 bridgehead atoms. The molecule has 1 unspecified atom stereocenters. The van der Waals surface area contributed by atoms with Crippen molar-refractivity contribution in [3.63, 3.8) is 0 Å². The Balaban J connectivity index is 1.97. The second-order valence-corrected chi connectivity index (χ2v) is 4.67. The van der Waals surface area contributed by atoms with Crippen LogP contribution in [-0.4, -0.2) is 22.5 Å². The third-order valence-corrected chi connectivity index (χ3v) is 2.93. The fourth-order valence-corrected chi connectivity index (χ4v) is 1.83. The number of aromatic nitrogens is 1. The van der Waals surface area contributed by atoms with E-state index in [9.17, 15) is 9.59 Å². The van der Waals surface area contributed by atoms with Crippen LogP contribution in [0.1, 0.15) is 17.4 Å². The molecule has 2 aromatic rings. The van der Waals surface area contributed by atoms with E-state index >= 15 is 0 Å². The van der Waals surface area contributed by atoms with Gasteiger partial charge in [-0.05, 0) is 25.1 Å². The SMILES string of the molecule is CC(OC(=O)c1cc(N)cn1C)C(=O)Nc1ccccc1. The van der Waals surface area contributed by atoms with E-state index in [1.54, 1.807) is 42.1 Å². The molecule has 0 spiro atoms. The second-order valence-electron chi connectivity index (χ2n) is 4.67. The number of nitrogen functional groups attached to an aromatic ring is 1. The van der Waals surface area contributed by atoms with E-state index in [1.807, 2.05) is 6.07 Å². The first-order chi connectivity index (χ1) is 9.97. The smallest absolute Gasteiger partial charge is 0.355 e. The number of para-hydroxylation sites is 1. The average molecular weight is 287 g/mol. The molecule has 1 amide bonds. The zero-order valence-corrected chi connectivity index (χ0v) is 11.9. The van der Waals surface area contributed by atoms with Crippen molar-refractivity contribution in [2.75, 3.05) is 11.1 Å². The Morgan fingerprint density at radius 2 is 1.95 bits per heavy atom. The van der Waals surface area contributed by atoms with Crippen LogP contribution in [-0.2, 0) is 16.6 Å². The first-order valence-corrected chi connectivity index (χ1v) is 6.46. The second kappa shape index (κ2) is 6.13. The van der Waals surface area contributed by atoms with Gasteiger partial charge in [0, 0.05) is 18.9 Å². The summed E-state index contributed by atoms with van der Waals surface area (Å²) in [5.74, 6) is -0.985. The van der Waals surface area contributed by atoms with E-state index in [2.05, 4.69) is 5.32 Å². The Labute approximate surface area is 122 Å². The van der Waals surface area contributed by atoms with Gasteiger partial charge in [-0.1, -0.05) is 18.2 Å². The minimum Gasteiger partial charge on any atom is -0.448 e. The van der Waals surface area contributed by atoms with Crippen LogP contribution in [0.15, 0.2) is 42.6 Å². The summed E-state index contributed by atoms with van der Waals surface area (Å²) in [6.45, 7) is 1.52. The average Bonchev–Trinajstić information content (AvgIpc) is 2.78. The molecule has 0 aliphatic rings. The van der Waals surface area contributed by atoms with Gasteiger partial charge in [0.25, 0.3) is 5.91 Å². The van der Waals surface area contributed by atoms with Crippen LogP contribution in [0.4, 0.5) is 11.4 Å². The van der Waals surface area contributed by atoms with Crippen molar-refractivity contribution < 1.29 is 14.3 Å². The third kappa shape index (κ3) is 3.62. The lowest BCUT2D eigenvalue weighted by molar-refractivity contribution is -0.123. The lowest BCUT2D eigenvalue weighted by Gasteiger charge is -2.13. The Kier molecular flexibility index (Phi) is 4.27. The van der Waals surface area contributed by atoms with Crippen molar-refractivity contribution in [2.24, 2.45) is 7.05 Å². The standard InChI is InChI=1S/C15H17N3O3/c1-10(14(19)17-12-6-4-3-5-7-12)21-15(20)13-8-11(16)9-18(13)2/h3-10H,16H2,1-2H3,(H,17,19). The van der Waals surface area contributed by atoms with Crippen molar-refractivity contribution in [3.05, 3.63) is 48.3 Å². The summed E-state index contributed by atoms with van der Waals surface area (Å²) in [4.78, 5) is 23.9. The number of carbonyl (C=O) groups is 2. The molecule has 6 heteroatoms. The minimum atomic E-state index is -0.908. The summed E-state index contributed by atoms with van der Waals surface area (Å²) in [5.41, 5.74) is 7.01. The lowest BCUT2D eigenvalue weighted by Crippen LogP contribution is -2.30. The predicted molar refractivity (Wildman–Crippen MR) is 79.8 cm³/mol. The van der Waals surface area contributed by atoms with Gasteiger partial charge in [-0.3, -0.25) is 4.79 Å². The topological polar surface area (TPSA) is 86.3 Å². The molecule has 2 rings (SSSR count). The van der Waals surface area contributed by atoms with Crippen LogP contribution in [0.3, 0.4) is 0 Å².